The summed E-state index contributed by atoms with van der Waals surface area (Å²) in [5.41, 5.74) is 0.911. The molecule has 4 nitrogen and oxygen atoms in total. The quantitative estimate of drug-likeness (QED) is 0.867. The van der Waals surface area contributed by atoms with E-state index in [2.05, 4.69) is 0 Å². The van der Waals surface area contributed by atoms with Gasteiger partial charge in [-0.3, -0.25) is 0 Å². The summed E-state index contributed by atoms with van der Waals surface area (Å²) >= 11 is 11.8. The number of fused-ring (bicyclic) bond motifs is 1. The molecule has 1 N–H and O–H groups in total. The van der Waals surface area contributed by atoms with Gasteiger partial charge in [0.05, 0.1) is 15.6 Å². The fourth-order valence-corrected chi connectivity index (χ4v) is 2.18. The molecular formula is C13H7BCl2O4. The van der Waals surface area contributed by atoms with E-state index < -0.39 is 13.1 Å². The Morgan fingerprint density at radius 3 is 1.95 bits per heavy atom. The normalized spacial score (nSPS) is 12.6. The highest BCUT2D eigenvalue weighted by atomic mass is 35.5. The smallest absolute Gasteiger partial charge is 0.519 e. The van der Waals surface area contributed by atoms with E-state index in [1.165, 1.54) is 12.1 Å². The first kappa shape index (κ1) is 13.2. The number of carbonyl (C=O) groups is 1. The number of rotatable bonds is 2. The number of carboxylic acids is 1. The minimum atomic E-state index is -0.980. The molecule has 0 unspecified atom stereocenters. The topological polar surface area (TPSA) is 55.8 Å². The van der Waals surface area contributed by atoms with Crippen LogP contribution in [0.4, 0.5) is 0 Å². The van der Waals surface area contributed by atoms with Crippen molar-refractivity contribution in [1.29, 1.82) is 0 Å². The highest BCUT2D eigenvalue weighted by molar-refractivity contribution is 6.63. The van der Waals surface area contributed by atoms with Gasteiger partial charge < -0.3 is 14.4 Å². The lowest BCUT2D eigenvalue weighted by molar-refractivity contribution is 0.0697. The van der Waals surface area contributed by atoms with Crippen molar-refractivity contribution in [2.45, 2.75) is 0 Å². The molecule has 0 amide bonds. The molecule has 0 saturated heterocycles. The van der Waals surface area contributed by atoms with Gasteiger partial charge in [0.2, 0.25) is 0 Å². The lowest BCUT2D eigenvalue weighted by atomic mass is 9.79. The largest absolute Gasteiger partial charge is 0.632 e. The van der Waals surface area contributed by atoms with Gasteiger partial charge in [0.15, 0.2) is 0 Å². The Labute approximate surface area is 125 Å². The van der Waals surface area contributed by atoms with Crippen LogP contribution in [0.25, 0.3) is 0 Å². The molecule has 1 aliphatic heterocycles. The standard InChI is InChI=1S/C13H7BCl2O4/c15-9-5-11-12(6-10(9)16)20-14(19-11)8-3-1-7(2-4-8)13(17)18/h1-6H,(H,17,18). The first-order valence-electron chi connectivity index (χ1n) is 5.70. The molecule has 20 heavy (non-hydrogen) atoms. The molecule has 0 atom stereocenters. The molecule has 0 spiro atoms. The van der Waals surface area contributed by atoms with Gasteiger partial charge in [0, 0.05) is 17.6 Å². The van der Waals surface area contributed by atoms with Crippen molar-refractivity contribution in [3.63, 3.8) is 0 Å². The molecule has 3 rings (SSSR count). The summed E-state index contributed by atoms with van der Waals surface area (Å²) in [5.74, 6) is 0.0325. The van der Waals surface area contributed by atoms with Crippen LogP contribution < -0.4 is 14.8 Å². The van der Waals surface area contributed by atoms with Gasteiger partial charge in [-0.2, -0.15) is 0 Å². The minimum Gasteiger partial charge on any atom is -0.519 e. The molecule has 1 aliphatic rings. The second kappa shape index (κ2) is 4.92. The summed E-state index contributed by atoms with van der Waals surface area (Å²) in [6.07, 6.45) is 0. The van der Waals surface area contributed by atoms with E-state index in [0.29, 0.717) is 27.0 Å². The van der Waals surface area contributed by atoms with E-state index in [1.54, 1.807) is 24.3 Å². The predicted octanol–water partition coefficient (Wildman–Crippen LogP) is 2.86. The second-order valence-electron chi connectivity index (χ2n) is 4.21. The van der Waals surface area contributed by atoms with Crippen molar-refractivity contribution in [2.75, 3.05) is 0 Å². The Morgan fingerprint density at radius 2 is 1.50 bits per heavy atom. The van der Waals surface area contributed by atoms with Crippen LogP contribution in [-0.2, 0) is 0 Å². The molecule has 0 radical (unpaired) electrons. The Balaban J connectivity index is 1.86. The predicted molar refractivity (Wildman–Crippen MR) is 76.5 cm³/mol. The average molecular weight is 309 g/mol. The molecule has 1 heterocycles. The van der Waals surface area contributed by atoms with Crippen LogP contribution >= 0.6 is 23.2 Å². The number of hydrogen-bond donors (Lipinski definition) is 1. The Hall–Kier alpha value is -1.85. The van der Waals surface area contributed by atoms with Crippen LogP contribution in [0, 0.1) is 0 Å². The summed E-state index contributed by atoms with van der Waals surface area (Å²) in [6, 6.07) is 9.45. The third-order valence-electron chi connectivity index (χ3n) is 2.88. The van der Waals surface area contributed by atoms with Crippen LogP contribution in [0.2, 0.25) is 10.0 Å². The Kier molecular flexibility index (Phi) is 3.24. The lowest BCUT2D eigenvalue weighted by Gasteiger charge is -2.04. The number of hydrogen-bond acceptors (Lipinski definition) is 3. The van der Waals surface area contributed by atoms with Crippen LogP contribution in [0.15, 0.2) is 36.4 Å². The van der Waals surface area contributed by atoms with Gasteiger partial charge in [-0.05, 0) is 12.1 Å². The van der Waals surface area contributed by atoms with Gasteiger partial charge >= 0.3 is 13.1 Å². The summed E-state index contributed by atoms with van der Waals surface area (Å²) in [7, 11) is -0.637. The first-order chi connectivity index (χ1) is 9.54. The molecule has 0 saturated carbocycles. The zero-order chi connectivity index (χ0) is 14.3. The van der Waals surface area contributed by atoms with Crippen LogP contribution in [0.5, 0.6) is 11.5 Å². The van der Waals surface area contributed by atoms with E-state index in [-0.39, 0.29) is 5.56 Å². The van der Waals surface area contributed by atoms with Gasteiger partial charge in [-0.1, -0.05) is 35.3 Å². The number of halogens is 2. The third kappa shape index (κ3) is 2.30. The maximum Gasteiger partial charge on any atom is 0.632 e. The average Bonchev–Trinajstić information content (AvgIpc) is 2.82. The molecule has 0 aliphatic carbocycles. The summed E-state index contributed by atoms with van der Waals surface area (Å²) in [6.45, 7) is 0. The highest BCUT2D eigenvalue weighted by Crippen LogP contribution is 2.39. The van der Waals surface area contributed by atoms with Crippen molar-refractivity contribution in [2.24, 2.45) is 0 Å². The van der Waals surface area contributed by atoms with Crippen LogP contribution in [-0.4, -0.2) is 18.2 Å². The van der Waals surface area contributed by atoms with Gasteiger partial charge in [-0.15, -0.1) is 0 Å². The second-order valence-corrected chi connectivity index (χ2v) is 5.02. The number of carboxylic acid groups (broad SMARTS) is 1. The van der Waals surface area contributed by atoms with Crippen molar-refractivity contribution < 1.29 is 19.2 Å². The highest BCUT2D eigenvalue weighted by Gasteiger charge is 2.34. The van der Waals surface area contributed by atoms with Gasteiger partial charge in [0.1, 0.15) is 11.5 Å². The molecule has 0 bridgehead atoms. The molecule has 7 heteroatoms. The number of aromatic carboxylic acids is 1. The van der Waals surface area contributed by atoms with Crippen LogP contribution in [0.3, 0.4) is 0 Å². The van der Waals surface area contributed by atoms with Crippen molar-refractivity contribution in [3.8, 4) is 11.5 Å². The van der Waals surface area contributed by atoms with Crippen molar-refractivity contribution in [3.05, 3.63) is 52.0 Å². The molecule has 2 aromatic rings. The molecule has 0 aromatic heterocycles. The zero-order valence-corrected chi connectivity index (χ0v) is 11.5. The Bertz CT molecular complexity index is 657. The molecule has 0 fully saturated rings. The summed E-state index contributed by atoms with van der Waals surface area (Å²) < 4.78 is 11.2. The lowest BCUT2D eigenvalue weighted by Crippen LogP contribution is -2.39. The van der Waals surface area contributed by atoms with Crippen molar-refractivity contribution in [1.82, 2.24) is 0 Å². The van der Waals surface area contributed by atoms with E-state index in [1.807, 2.05) is 0 Å². The fourth-order valence-electron chi connectivity index (χ4n) is 1.87. The first-order valence-corrected chi connectivity index (χ1v) is 6.46. The van der Waals surface area contributed by atoms with Gasteiger partial charge in [-0.25, -0.2) is 4.79 Å². The molecular weight excluding hydrogens is 302 g/mol. The van der Waals surface area contributed by atoms with E-state index in [9.17, 15) is 4.79 Å². The van der Waals surface area contributed by atoms with E-state index in [0.717, 1.165) is 0 Å². The number of benzene rings is 2. The minimum absolute atomic E-state index is 0.204. The molecule has 2 aromatic carbocycles. The van der Waals surface area contributed by atoms with E-state index >= 15 is 0 Å². The molecule has 100 valence electrons. The summed E-state index contributed by atoms with van der Waals surface area (Å²) in [4.78, 5) is 10.8. The zero-order valence-electron chi connectivity index (χ0n) is 9.97. The third-order valence-corrected chi connectivity index (χ3v) is 3.61. The van der Waals surface area contributed by atoms with Crippen molar-refractivity contribution >= 4 is 41.8 Å². The van der Waals surface area contributed by atoms with E-state index in [4.69, 9.17) is 37.6 Å². The van der Waals surface area contributed by atoms with Gasteiger partial charge in [0.25, 0.3) is 0 Å². The van der Waals surface area contributed by atoms with Crippen LogP contribution in [0.1, 0.15) is 10.4 Å². The maximum absolute atomic E-state index is 10.8. The Morgan fingerprint density at radius 1 is 1.00 bits per heavy atom. The summed E-state index contributed by atoms with van der Waals surface area (Å²) in [5, 5.41) is 9.62. The SMILES string of the molecule is O=C(O)c1ccc(B2Oc3cc(Cl)c(Cl)cc3O2)cc1. The maximum atomic E-state index is 10.8. The monoisotopic (exact) mass is 308 g/mol. The fraction of sp³-hybridized carbons (Fsp3) is 0.